The van der Waals surface area contributed by atoms with E-state index in [0.717, 1.165) is 18.3 Å². The fourth-order valence-corrected chi connectivity index (χ4v) is 1.38. The van der Waals surface area contributed by atoms with Crippen LogP contribution in [0.4, 0.5) is 17.6 Å². The Hall–Kier alpha value is -1.91. The Balaban J connectivity index is 2.33. The molecule has 0 fully saturated rings. The number of hydrogen-bond donors (Lipinski definition) is 0. The summed E-state index contributed by atoms with van der Waals surface area (Å²) < 4.78 is 49.5. The molecule has 0 N–H and O–H groups in total. The average Bonchev–Trinajstić information content (AvgIpc) is 2.29. The molecule has 2 rings (SSSR count). The smallest absolute Gasteiger partial charge is 0.253 e. The van der Waals surface area contributed by atoms with Crippen LogP contribution in [0.3, 0.4) is 0 Å². The summed E-state index contributed by atoms with van der Waals surface area (Å²) >= 11 is 0. The van der Waals surface area contributed by atoms with Gasteiger partial charge in [0.2, 0.25) is 0 Å². The van der Waals surface area contributed by atoms with Crippen LogP contribution in [0.5, 0.6) is 0 Å². The molecule has 1 heterocycles. The first kappa shape index (κ1) is 11.6. The Kier molecular flexibility index (Phi) is 2.83. The quantitative estimate of drug-likeness (QED) is 0.690. The second kappa shape index (κ2) is 4.16. The molecule has 2 aromatic rings. The molecule has 88 valence electrons. The molecule has 17 heavy (non-hydrogen) atoms. The number of nitrogens with zero attached hydrogens (tertiary/aromatic N) is 1. The molecule has 5 heteroatoms. The summed E-state index contributed by atoms with van der Waals surface area (Å²) in [5.41, 5.74) is 0.224. The molecule has 1 aromatic carbocycles. The first-order valence-electron chi connectivity index (χ1n) is 4.76. The molecular weight excluding hydrogens is 234 g/mol. The second-order valence-corrected chi connectivity index (χ2v) is 3.44. The van der Waals surface area contributed by atoms with Gasteiger partial charge in [0.15, 0.2) is 0 Å². The van der Waals surface area contributed by atoms with Gasteiger partial charge in [-0.05, 0) is 24.3 Å². The van der Waals surface area contributed by atoms with E-state index in [0.29, 0.717) is 11.3 Å². The molecule has 0 bridgehead atoms. The van der Waals surface area contributed by atoms with Gasteiger partial charge in [-0.1, -0.05) is 12.1 Å². The number of alkyl halides is 3. The highest BCUT2D eigenvalue weighted by atomic mass is 19.4. The lowest BCUT2D eigenvalue weighted by atomic mass is 10.1. The molecule has 0 unspecified atom stereocenters. The van der Waals surface area contributed by atoms with Crippen LogP contribution in [0.2, 0.25) is 0 Å². The van der Waals surface area contributed by atoms with E-state index >= 15 is 0 Å². The lowest BCUT2D eigenvalue weighted by Gasteiger charge is -2.07. The van der Waals surface area contributed by atoms with Gasteiger partial charge >= 0.3 is 6.18 Å². The van der Waals surface area contributed by atoms with Crippen LogP contribution < -0.4 is 0 Å². The maximum atomic E-state index is 12.6. The lowest BCUT2D eigenvalue weighted by molar-refractivity contribution is -0.137. The normalized spacial score (nSPS) is 11.5. The van der Waals surface area contributed by atoms with Gasteiger partial charge in [-0.2, -0.15) is 13.2 Å². The van der Waals surface area contributed by atoms with E-state index in [-0.39, 0.29) is 0 Å². The highest BCUT2D eigenvalue weighted by Crippen LogP contribution is 2.30. The number of hydrogen-bond acceptors (Lipinski definition) is 1. The van der Waals surface area contributed by atoms with E-state index in [9.17, 15) is 17.6 Å². The molecule has 0 atom stereocenters. The third kappa shape index (κ3) is 2.61. The second-order valence-electron chi connectivity index (χ2n) is 3.44. The van der Waals surface area contributed by atoms with Crippen LogP contribution in [-0.2, 0) is 6.18 Å². The minimum Gasteiger partial charge on any atom is -0.253 e. The van der Waals surface area contributed by atoms with Gasteiger partial charge in [0, 0.05) is 5.56 Å². The number of pyridine rings is 1. The van der Waals surface area contributed by atoms with Crippen molar-refractivity contribution in [1.82, 2.24) is 4.98 Å². The molecule has 0 amide bonds. The van der Waals surface area contributed by atoms with Crippen molar-refractivity contribution in [2.24, 2.45) is 0 Å². The zero-order valence-electron chi connectivity index (χ0n) is 8.50. The van der Waals surface area contributed by atoms with E-state index in [2.05, 4.69) is 4.98 Å². The number of rotatable bonds is 1. The van der Waals surface area contributed by atoms with Crippen molar-refractivity contribution in [2.75, 3.05) is 0 Å². The van der Waals surface area contributed by atoms with Gasteiger partial charge in [0.05, 0.1) is 17.5 Å². The third-order valence-corrected chi connectivity index (χ3v) is 2.24. The fraction of sp³-hybridized carbons (Fsp3) is 0.0833. The monoisotopic (exact) mass is 241 g/mol. The van der Waals surface area contributed by atoms with Crippen LogP contribution in [0.15, 0.2) is 42.6 Å². The molecule has 0 aliphatic rings. The summed E-state index contributed by atoms with van der Waals surface area (Å²) in [6.45, 7) is 0. The van der Waals surface area contributed by atoms with Gasteiger partial charge in [0.1, 0.15) is 5.82 Å². The Labute approximate surface area is 94.7 Å². The van der Waals surface area contributed by atoms with Crippen LogP contribution >= 0.6 is 0 Å². The first-order valence-corrected chi connectivity index (χ1v) is 4.76. The standard InChI is InChI=1S/C12H7F4N/c13-10-5-6-11(17-7-10)8-1-3-9(4-2-8)12(14,15)16/h1-7H. The predicted octanol–water partition coefficient (Wildman–Crippen LogP) is 3.91. The minimum atomic E-state index is -4.35. The van der Waals surface area contributed by atoms with Crippen LogP contribution in [0, 0.1) is 5.82 Å². The minimum absolute atomic E-state index is 0.431. The van der Waals surface area contributed by atoms with E-state index in [1.54, 1.807) is 0 Å². The maximum absolute atomic E-state index is 12.6. The van der Waals surface area contributed by atoms with E-state index in [1.807, 2.05) is 0 Å². The van der Waals surface area contributed by atoms with Crippen LogP contribution in [-0.4, -0.2) is 4.98 Å². The van der Waals surface area contributed by atoms with Crippen molar-refractivity contribution in [3.63, 3.8) is 0 Å². The molecule has 1 aromatic heterocycles. The van der Waals surface area contributed by atoms with Gasteiger partial charge in [-0.3, -0.25) is 4.98 Å². The van der Waals surface area contributed by atoms with Crippen molar-refractivity contribution in [3.8, 4) is 11.3 Å². The summed E-state index contributed by atoms with van der Waals surface area (Å²) in [6, 6.07) is 7.19. The Morgan fingerprint density at radius 2 is 1.53 bits per heavy atom. The molecule has 0 spiro atoms. The van der Waals surface area contributed by atoms with Crippen molar-refractivity contribution in [1.29, 1.82) is 0 Å². The molecule has 0 saturated carbocycles. The average molecular weight is 241 g/mol. The lowest BCUT2D eigenvalue weighted by Crippen LogP contribution is -2.04. The molecule has 0 aliphatic heterocycles. The SMILES string of the molecule is Fc1ccc(-c2ccc(C(F)(F)F)cc2)nc1. The number of halogens is 4. The van der Waals surface area contributed by atoms with Crippen molar-refractivity contribution in [2.45, 2.75) is 6.18 Å². The zero-order valence-corrected chi connectivity index (χ0v) is 8.50. The molecular formula is C12H7F4N. The zero-order chi connectivity index (χ0) is 12.5. The fourth-order valence-electron chi connectivity index (χ4n) is 1.38. The van der Waals surface area contributed by atoms with Gasteiger partial charge in [0.25, 0.3) is 0 Å². The van der Waals surface area contributed by atoms with Crippen molar-refractivity contribution < 1.29 is 17.6 Å². The van der Waals surface area contributed by atoms with Crippen LogP contribution in [0.25, 0.3) is 11.3 Å². The summed E-state index contributed by atoms with van der Waals surface area (Å²) in [4.78, 5) is 3.78. The topological polar surface area (TPSA) is 12.9 Å². The summed E-state index contributed by atoms with van der Waals surface area (Å²) in [7, 11) is 0. The van der Waals surface area contributed by atoms with E-state index in [1.165, 1.54) is 24.3 Å². The van der Waals surface area contributed by atoms with E-state index < -0.39 is 17.6 Å². The molecule has 0 saturated heterocycles. The molecule has 1 nitrogen and oxygen atoms in total. The Morgan fingerprint density at radius 1 is 0.882 bits per heavy atom. The largest absolute Gasteiger partial charge is 0.416 e. The molecule has 0 radical (unpaired) electrons. The highest BCUT2D eigenvalue weighted by molar-refractivity contribution is 5.59. The highest BCUT2D eigenvalue weighted by Gasteiger charge is 2.29. The van der Waals surface area contributed by atoms with Gasteiger partial charge in [-0.15, -0.1) is 0 Å². The van der Waals surface area contributed by atoms with Crippen molar-refractivity contribution >= 4 is 0 Å². The number of aromatic nitrogens is 1. The summed E-state index contributed by atoms with van der Waals surface area (Å²) in [5.74, 6) is -0.485. The number of benzene rings is 1. The maximum Gasteiger partial charge on any atom is 0.416 e. The summed E-state index contributed by atoms with van der Waals surface area (Å²) in [5, 5.41) is 0. The summed E-state index contributed by atoms with van der Waals surface area (Å²) in [6.07, 6.45) is -3.33. The molecule has 0 aliphatic carbocycles. The van der Waals surface area contributed by atoms with Gasteiger partial charge < -0.3 is 0 Å². The van der Waals surface area contributed by atoms with Gasteiger partial charge in [-0.25, -0.2) is 4.39 Å². The van der Waals surface area contributed by atoms with E-state index in [4.69, 9.17) is 0 Å². The Bertz CT molecular complexity index is 500. The van der Waals surface area contributed by atoms with Crippen LogP contribution in [0.1, 0.15) is 5.56 Å². The third-order valence-electron chi connectivity index (χ3n) is 2.24. The van der Waals surface area contributed by atoms with Crippen molar-refractivity contribution in [3.05, 3.63) is 54.0 Å². The Morgan fingerprint density at radius 3 is 2.00 bits per heavy atom. The predicted molar refractivity (Wildman–Crippen MR) is 54.6 cm³/mol. The first-order chi connectivity index (χ1) is 7.97.